The summed E-state index contributed by atoms with van der Waals surface area (Å²) in [5, 5.41) is 3.51. The predicted molar refractivity (Wildman–Crippen MR) is 134 cm³/mol. The molecule has 1 unspecified atom stereocenters. The summed E-state index contributed by atoms with van der Waals surface area (Å²) in [5.41, 5.74) is 5.11. The van der Waals surface area contributed by atoms with Crippen LogP contribution in [0.4, 0.5) is 5.82 Å². The Morgan fingerprint density at radius 3 is 2.32 bits per heavy atom. The Labute approximate surface area is 200 Å². The number of anilines is 1. The molecule has 0 fully saturated rings. The van der Waals surface area contributed by atoms with Gasteiger partial charge in [0.05, 0.1) is 6.54 Å². The molecule has 5 rings (SSSR count). The molecular weight excluding hydrogens is 422 g/mol. The summed E-state index contributed by atoms with van der Waals surface area (Å²) in [6.07, 6.45) is 1.70. The van der Waals surface area contributed by atoms with Crippen molar-refractivity contribution in [3.05, 3.63) is 119 Å². The molecule has 0 bridgehead atoms. The van der Waals surface area contributed by atoms with Crippen LogP contribution in [0.3, 0.4) is 0 Å². The van der Waals surface area contributed by atoms with Gasteiger partial charge in [-0.15, -0.1) is 0 Å². The number of carbonyl (C=O) groups is 1. The number of benzene rings is 3. The highest BCUT2D eigenvalue weighted by Gasteiger charge is 2.30. The third kappa shape index (κ3) is 4.64. The highest BCUT2D eigenvalue weighted by atomic mass is 16.5. The number of aromatic nitrogens is 1. The largest absolute Gasteiger partial charge is 0.457 e. The summed E-state index contributed by atoms with van der Waals surface area (Å²) < 4.78 is 5.94. The monoisotopic (exact) mass is 449 g/mol. The number of amides is 1. The average molecular weight is 450 g/mol. The third-order valence-corrected chi connectivity index (χ3v) is 6.13. The van der Waals surface area contributed by atoms with Crippen LogP contribution < -0.4 is 10.1 Å². The SMILES string of the molecule is Cc1ccc(Oc2ccc(C(C)Nc3nccc4c3CN(Cc3ccccc3)C4=O)cc2)cc1. The number of hydrogen-bond donors (Lipinski definition) is 1. The fraction of sp³-hybridized carbons (Fsp3) is 0.172. The Bertz CT molecular complexity index is 1290. The van der Waals surface area contributed by atoms with E-state index in [2.05, 4.69) is 36.3 Å². The lowest BCUT2D eigenvalue weighted by molar-refractivity contribution is 0.0767. The lowest BCUT2D eigenvalue weighted by Crippen LogP contribution is -2.23. The van der Waals surface area contributed by atoms with Crippen LogP contribution in [0.15, 0.2) is 91.1 Å². The van der Waals surface area contributed by atoms with Crippen LogP contribution in [-0.4, -0.2) is 15.8 Å². The quantitative estimate of drug-likeness (QED) is 0.349. The highest BCUT2D eigenvalue weighted by Crippen LogP contribution is 2.31. The lowest BCUT2D eigenvalue weighted by atomic mass is 10.1. The number of ether oxygens (including phenoxy) is 1. The first-order chi connectivity index (χ1) is 16.6. The van der Waals surface area contributed by atoms with Crippen molar-refractivity contribution in [1.82, 2.24) is 9.88 Å². The molecule has 0 aliphatic carbocycles. The van der Waals surface area contributed by atoms with Crippen molar-refractivity contribution in [3.63, 3.8) is 0 Å². The minimum Gasteiger partial charge on any atom is -0.457 e. The molecule has 4 aromatic rings. The van der Waals surface area contributed by atoms with Gasteiger partial charge in [0.2, 0.25) is 0 Å². The molecule has 3 aromatic carbocycles. The maximum absolute atomic E-state index is 13.0. The van der Waals surface area contributed by atoms with Gasteiger partial charge in [0.1, 0.15) is 17.3 Å². The Kier molecular flexibility index (Phi) is 6.00. The summed E-state index contributed by atoms with van der Waals surface area (Å²) in [6, 6.07) is 28.0. The van der Waals surface area contributed by atoms with E-state index in [1.807, 2.05) is 77.7 Å². The summed E-state index contributed by atoms with van der Waals surface area (Å²) in [4.78, 5) is 19.4. The van der Waals surface area contributed by atoms with Crippen molar-refractivity contribution >= 4 is 11.7 Å². The van der Waals surface area contributed by atoms with Crippen LogP contribution in [-0.2, 0) is 13.1 Å². The van der Waals surface area contributed by atoms with E-state index in [0.29, 0.717) is 13.1 Å². The van der Waals surface area contributed by atoms with E-state index in [1.54, 1.807) is 6.20 Å². The Balaban J connectivity index is 1.27. The molecule has 1 aromatic heterocycles. The van der Waals surface area contributed by atoms with Crippen molar-refractivity contribution in [3.8, 4) is 11.5 Å². The first-order valence-corrected chi connectivity index (χ1v) is 11.5. The summed E-state index contributed by atoms with van der Waals surface area (Å²) >= 11 is 0. The van der Waals surface area contributed by atoms with Gasteiger partial charge < -0.3 is 15.0 Å². The maximum atomic E-state index is 13.0. The molecule has 0 saturated carbocycles. The molecule has 1 aliphatic rings. The Morgan fingerprint density at radius 1 is 0.941 bits per heavy atom. The maximum Gasteiger partial charge on any atom is 0.255 e. The number of rotatable bonds is 7. The second-order valence-electron chi connectivity index (χ2n) is 8.68. The van der Waals surface area contributed by atoms with E-state index < -0.39 is 0 Å². The van der Waals surface area contributed by atoms with Crippen molar-refractivity contribution in [2.24, 2.45) is 0 Å². The fourth-order valence-corrected chi connectivity index (χ4v) is 4.20. The van der Waals surface area contributed by atoms with E-state index in [-0.39, 0.29) is 11.9 Å². The molecule has 5 nitrogen and oxygen atoms in total. The zero-order chi connectivity index (χ0) is 23.5. The summed E-state index contributed by atoms with van der Waals surface area (Å²) in [7, 11) is 0. The average Bonchev–Trinajstić information content (AvgIpc) is 3.18. The summed E-state index contributed by atoms with van der Waals surface area (Å²) in [5.74, 6) is 2.42. The van der Waals surface area contributed by atoms with E-state index >= 15 is 0 Å². The first-order valence-electron chi connectivity index (χ1n) is 11.5. The molecule has 170 valence electrons. The molecule has 1 amide bonds. The van der Waals surface area contributed by atoms with Crippen LogP contribution in [0, 0.1) is 6.92 Å². The fourth-order valence-electron chi connectivity index (χ4n) is 4.20. The normalized spacial score (nSPS) is 13.5. The van der Waals surface area contributed by atoms with Crippen LogP contribution in [0.5, 0.6) is 11.5 Å². The Hall–Kier alpha value is -4.12. The minimum absolute atomic E-state index is 0.0192. The second kappa shape index (κ2) is 9.40. The topological polar surface area (TPSA) is 54.5 Å². The number of nitrogens with one attached hydrogen (secondary N) is 1. The second-order valence-corrected chi connectivity index (χ2v) is 8.68. The van der Waals surface area contributed by atoms with Gasteiger partial charge in [-0.3, -0.25) is 4.79 Å². The van der Waals surface area contributed by atoms with Crippen LogP contribution in [0.1, 0.15) is 45.6 Å². The molecular formula is C29H27N3O2. The van der Waals surface area contributed by atoms with Crippen molar-refractivity contribution in [1.29, 1.82) is 0 Å². The number of nitrogens with zero attached hydrogens (tertiary/aromatic N) is 2. The molecule has 0 spiro atoms. The number of carbonyl (C=O) groups excluding carboxylic acids is 1. The standard InChI is InChI=1S/C29H27N3O2/c1-20-8-12-24(13-9-20)34-25-14-10-23(11-15-25)21(2)31-28-27-19-32(18-22-6-4-3-5-7-22)29(33)26(27)16-17-30-28/h3-17,21H,18-19H2,1-2H3,(H,30,31). The third-order valence-electron chi connectivity index (χ3n) is 6.13. The molecule has 5 heteroatoms. The van der Waals surface area contributed by atoms with Gasteiger partial charge in [0.25, 0.3) is 5.91 Å². The molecule has 1 atom stereocenters. The molecule has 0 saturated heterocycles. The van der Waals surface area contributed by atoms with Gasteiger partial charge in [-0.1, -0.05) is 60.2 Å². The predicted octanol–water partition coefficient (Wildman–Crippen LogP) is 6.51. The molecule has 1 aliphatic heterocycles. The zero-order valence-electron chi connectivity index (χ0n) is 19.4. The highest BCUT2D eigenvalue weighted by molar-refractivity contribution is 5.99. The molecule has 34 heavy (non-hydrogen) atoms. The molecule has 0 radical (unpaired) electrons. The van der Waals surface area contributed by atoms with E-state index in [9.17, 15) is 4.79 Å². The molecule has 1 N–H and O–H groups in total. The zero-order valence-corrected chi connectivity index (χ0v) is 19.4. The number of aryl methyl sites for hydroxylation is 1. The Morgan fingerprint density at radius 2 is 1.62 bits per heavy atom. The number of fused-ring (bicyclic) bond motifs is 1. The minimum atomic E-state index is 0.0192. The van der Waals surface area contributed by atoms with Crippen LogP contribution in [0.25, 0.3) is 0 Å². The van der Waals surface area contributed by atoms with Gasteiger partial charge >= 0.3 is 0 Å². The van der Waals surface area contributed by atoms with Crippen molar-refractivity contribution in [2.75, 3.05) is 5.32 Å². The van der Waals surface area contributed by atoms with E-state index in [0.717, 1.165) is 39.6 Å². The van der Waals surface area contributed by atoms with Crippen LogP contribution in [0.2, 0.25) is 0 Å². The van der Waals surface area contributed by atoms with Crippen LogP contribution >= 0.6 is 0 Å². The number of hydrogen-bond acceptors (Lipinski definition) is 4. The first kappa shape index (κ1) is 21.7. The summed E-state index contributed by atoms with van der Waals surface area (Å²) in [6.45, 7) is 5.29. The van der Waals surface area contributed by atoms with Gasteiger partial charge in [0.15, 0.2) is 0 Å². The van der Waals surface area contributed by atoms with Gasteiger partial charge in [0, 0.05) is 29.9 Å². The van der Waals surface area contributed by atoms with Gasteiger partial charge in [-0.25, -0.2) is 4.98 Å². The van der Waals surface area contributed by atoms with Gasteiger partial charge in [-0.05, 0) is 55.3 Å². The van der Waals surface area contributed by atoms with Crippen molar-refractivity contribution < 1.29 is 9.53 Å². The van der Waals surface area contributed by atoms with E-state index in [1.165, 1.54) is 5.56 Å². The van der Waals surface area contributed by atoms with E-state index in [4.69, 9.17) is 4.74 Å². The van der Waals surface area contributed by atoms with Crippen molar-refractivity contribution in [2.45, 2.75) is 33.0 Å². The van der Waals surface area contributed by atoms with Gasteiger partial charge in [-0.2, -0.15) is 0 Å². The lowest BCUT2D eigenvalue weighted by Gasteiger charge is -2.18. The molecule has 2 heterocycles. The number of pyridine rings is 1. The smallest absolute Gasteiger partial charge is 0.255 e.